The van der Waals surface area contributed by atoms with E-state index in [-0.39, 0.29) is 50.2 Å². The third kappa shape index (κ3) is 14.4. The van der Waals surface area contributed by atoms with Crippen LogP contribution in [0.3, 0.4) is 0 Å². The van der Waals surface area contributed by atoms with Crippen molar-refractivity contribution in [2.75, 3.05) is 65.6 Å². The third-order valence-corrected chi connectivity index (χ3v) is 13.5. The molecular weight excluding hydrogens is 1010 g/mol. The molecule has 2 N–H and O–H groups in total. The number of carbonyl (C=O) groups excluding carboxylic acids is 3. The predicted octanol–water partition coefficient (Wildman–Crippen LogP) is 10.3. The van der Waals surface area contributed by atoms with Crippen molar-refractivity contribution < 1.29 is 60.0 Å². The van der Waals surface area contributed by atoms with Gasteiger partial charge in [0.1, 0.15) is 0 Å². The van der Waals surface area contributed by atoms with Crippen LogP contribution >= 0.6 is 46.4 Å². The van der Waals surface area contributed by atoms with Gasteiger partial charge in [0.15, 0.2) is 0 Å². The number of nitrogens with zero attached hydrogens (tertiary/aromatic N) is 3. The minimum atomic E-state index is -5.06. The number of hydrogen-bond acceptors (Lipinski definition) is 10. The van der Waals surface area contributed by atoms with Crippen LogP contribution in [0.2, 0.25) is 20.1 Å². The first-order valence-corrected chi connectivity index (χ1v) is 24.0. The number of amides is 1. The second-order valence-electron chi connectivity index (χ2n) is 17.3. The van der Waals surface area contributed by atoms with E-state index in [1.165, 1.54) is 29.9 Å². The maximum Gasteiger partial charge on any atom is 0.436 e. The van der Waals surface area contributed by atoms with Crippen molar-refractivity contribution in [2.24, 2.45) is 23.7 Å². The SMILES string of the molecule is CCOC(=O)C(O)C(F)(F)F.CCOC(=O)C(OC(=O)N1CC2CN(C(c3ccc(Cl)cc3)c3ccc(Cl)cc3)CC2C1)C(F)(F)F.Clc1ccc(C(c2ccc(Cl)cc2)N2CC3CNCC3C2)cc1. The molecule has 6 unspecified atom stereocenters. The number of alkyl halides is 6. The fraction of sp³-hybridized carbons (Fsp3) is 0.449. The normalized spacial score (nSPS) is 21.0. The fourth-order valence-electron chi connectivity index (χ4n) is 9.30. The third-order valence-electron chi connectivity index (χ3n) is 12.5. The Labute approximate surface area is 421 Å². The van der Waals surface area contributed by atoms with E-state index in [4.69, 9.17) is 51.5 Å². The summed E-state index contributed by atoms with van der Waals surface area (Å²) in [6, 6.07) is 31.9. The van der Waals surface area contributed by atoms with Crippen LogP contribution in [0.5, 0.6) is 0 Å². The smallest absolute Gasteiger partial charge is 0.436 e. The van der Waals surface area contributed by atoms with Crippen LogP contribution in [0.4, 0.5) is 31.1 Å². The first-order valence-electron chi connectivity index (χ1n) is 22.5. The van der Waals surface area contributed by atoms with Crippen molar-refractivity contribution in [3.05, 3.63) is 139 Å². The Kier molecular flexibility index (Phi) is 19.2. The summed E-state index contributed by atoms with van der Waals surface area (Å²) in [6.45, 7) is 8.61. The molecule has 0 aromatic heterocycles. The largest absolute Gasteiger partial charge is 0.464 e. The Morgan fingerprint density at radius 2 is 0.886 bits per heavy atom. The molecule has 0 spiro atoms. The summed E-state index contributed by atoms with van der Waals surface area (Å²) in [6.07, 6.45) is -17.1. The first kappa shape index (κ1) is 55.0. The van der Waals surface area contributed by atoms with E-state index in [2.05, 4.69) is 53.6 Å². The van der Waals surface area contributed by atoms with E-state index in [0.29, 0.717) is 23.1 Å². The highest BCUT2D eigenvalue weighted by Crippen LogP contribution is 2.41. The van der Waals surface area contributed by atoms with Crippen LogP contribution in [0.1, 0.15) is 48.2 Å². The lowest BCUT2D eigenvalue weighted by Gasteiger charge is -2.31. The second kappa shape index (κ2) is 24.4. The lowest BCUT2D eigenvalue weighted by Crippen LogP contribution is -2.45. The molecule has 4 aliphatic heterocycles. The molecule has 4 aromatic rings. The number of likely N-dealkylation sites (tertiary alicyclic amines) is 3. The Morgan fingerprint density at radius 3 is 1.20 bits per heavy atom. The van der Waals surface area contributed by atoms with Gasteiger partial charge in [-0.3, -0.25) is 9.80 Å². The topological polar surface area (TPSA) is 121 Å². The molecule has 4 aliphatic rings. The standard InChI is InChI=1S/C25H25Cl2F3N2O4.C19H20Cl2N2.C5H7F3O3/c1-2-35-23(33)22(25(28,29)30)36-24(34)32-13-17-11-31(12-18(17)14-32)21(15-3-7-19(26)8-4-15)16-5-9-20(27)10-6-16;20-17-5-1-13(2-6-17)19(14-3-7-18(21)8-4-14)23-11-15-9-22-10-16(15)12-23;1-2-11-4(10)3(9)5(6,7)8/h3-10,17-18,21-22H,2,11-14H2,1H3;1-8,15-16,19,22H,9-12H2;3,9H,2H2,1H3. The summed E-state index contributed by atoms with van der Waals surface area (Å²) in [5.41, 5.74) is 4.68. The number of hydrogen-bond donors (Lipinski definition) is 2. The van der Waals surface area contributed by atoms with E-state index >= 15 is 0 Å². The summed E-state index contributed by atoms with van der Waals surface area (Å²) in [4.78, 5) is 40.6. The molecule has 0 bridgehead atoms. The molecule has 4 fully saturated rings. The van der Waals surface area contributed by atoms with Gasteiger partial charge in [-0.1, -0.05) is 94.9 Å². The molecule has 21 heteroatoms. The molecule has 8 rings (SSSR count). The van der Waals surface area contributed by atoms with E-state index < -0.39 is 42.6 Å². The monoisotopic (exact) mass is 1060 g/mol. The number of fused-ring (bicyclic) bond motifs is 2. The van der Waals surface area contributed by atoms with Crippen molar-refractivity contribution >= 4 is 64.4 Å². The van der Waals surface area contributed by atoms with Crippen LogP contribution in [0, 0.1) is 23.7 Å². The Hall–Kier alpha value is -4.33. The summed E-state index contributed by atoms with van der Waals surface area (Å²) in [5.74, 6) is -1.65. The lowest BCUT2D eigenvalue weighted by atomic mass is 9.97. The number of benzene rings is 4. The maximum atomic E-state index is 13.3. The maximum absolute atomic E-state index is 13.3. The number of halogens is 10. The zero-order valence-corrected chi connectivity index (χ0v) is 41.0. The minimum absolute atomic E-state index is 0.0478. The second-order valence-corrected chi connectivity index (χ2v) is 19.0. The van der Waals surface area contributed by atoms with Crippen LogP contribution in [0.25, 0.3) is 0 Å². The number of aliphatic hydroxyl groups excluding tert-OH is 1. The number of esters is 2. The molecular formula is C49H52Cl4F6N4O7. The number of nitrogens with one attached hydrogen (secondary N) is 1. The molecule has 4 heterocycles. The molecule has 0 saturated carbocycles. The quantitative estimate of drug-likeness (QED) is 0.0854. The van der Waals surface area contributed by atoms with Gasteiger partial charge in [-0.25, -0.2) is 14.4 Å². The van der Waals surface area contributed by atoms with Crippen molar-refractivity contribution in [3.63, 3.8) is 0 Å². The average molecular weight is 1060 g/mol. The van der Waals surface area contributed by atoms with Gasteiger partial charge in [-0.15, -0.1) is 0 Å². The highest BCUT2D eigenvalue weighted by atomic mass is 35.5. The van der Waals surface area contributed by atoms with Gasteiger partial charge >= 0.3 is 30.4 Å². The molecule has 11 nitrogen and oxygen atoms in total. The number of ether oxygens (including phenoxy) is 3. The summed E-state index contributed by atoms with van der Waals surface area (Å²) >= 11 is 24.3. The van der Waals surface area contributed by atoms with Crippen LogP contribution in [-0.2, 0) is 23.8 Å². The zero-order chi connectivity index (χ0) is 50.9. The fourth-order valence-corrected chi connectivity index (χ4v) is 9.80. The summed E-state index contributed by atoms with van der Waals surface area (Å²) in [7, 11) is 0. The molecule has 4 saturated heterocycles. The summed E-state index contributed by atoms with van der Waals surface area (Å²) < 4.78 is 87.1. The van der Waals surface area contributed by atoms with Crippen molar-refractivity contribution in [1.29, 1.82) is 0 Å². The van der Waals surface area contributed by atoms with Crippen molar-refractivity contribution in [1.82, 2.24) is 20.0 Å². The molecule has 0 aliphatic carbocycles. The summed E-state index contributed by atoms with van der Waals surface area (Å²) in [5, 5.41) is 14.5. The van der Waals surface area contributed by atoms with Gasteiger partial charge < -0.3 is 29.5 Å². The van der Waals surface area contributed by atoms with Crippen molar-refractivity contribution in [2.45, 2.75) is 50.5 Å². The van der Waals surface area contributed by atoms with E-state index in [1.54, 1.807) is 0 Å². The molecule has 4 aromatic carbocycles. The number of carbonyl (C=O) groups is 3. The number of rotatable bonds is 11. The Bertz CT molecular complexity index is 2230. The first-order chi connectivity index (χ1) is 33.2. The van der Waals surface area contributed by atoms with Gasteiger partial charge in [0.2, 0.25) is 6.10 Å². The van der Waals surface area contributed by atoms with E-state index in [0.717, 1.165) is 59.2 Å². The minimum Gasteiger partial charge on any atom is -0.464 e. The van der Waals surface area contributed by atoms with Crippen LogP contribution in [-0.4, -0.2) is 128 Å². The highest BCUT2D eigenvalue weighted by Gasteiger charge is 2.52. The Morgan fingerprint density at radius 1 is 0.557 bits per heavy atom. The van der Waals surface area contributed by atoms with E-state index in [9.17, 15) is 40.7 Å². The van der Waals surface area contributed by atoms with Gasteiger partial charge in [-0.2, -0.15) is 26.3 Å². The van der Waals surface area contributed by atoms with Gasteiger partial charge in [0.05, 0.1) is 25.3 Å². The molecule has 70 heavy (non-hydrogen) atoms. The van der Waals surface area contributed by atoms with Gasteiger partial charge in [-0.05, 0) is 121 Å². The molecule has 1 amide bonds. The average Bonchev–Trinajstić information content (AvgIpc) is 4.11. The Balaban J connectivity index is 0.000000200. The van der Waals surface area contributed by atoms with Gasteiger partial charge in [0, 0.05) is 59.4 Å². The zero-order valence-electron chi connectivity index (χ0n) is 37.9. The molecule has 6 atom stereocenters. The van der Waals surface area contributed by atoms with Crippen LogP contribution in [0.15, 0.2) is 97.1 Å². The van der Waals surface area contributed by atoms with Gasteiger partial charge in [0.25, 0.3) is 6.10 Å². The van der Waals surface area contributed by atoms with Crippen molar-refractivity contribution in [3.8, 4) is 0 Å². The van der Waals surface area contributed by atoms with E-state index in [1.807, 2.05) is 72.8 Å². The predicted molar refractivity (Wildman–Crippen MR) is 253 cm³/mol. The highest BCUT2D eigenvalue weighted by molar-refractivity contribution is 6.31. The molecule has 380 valence electrons. The number of aliphatic hydroxyl groups is 1. The van der Waals surface area contributed by atoms with Crippen LogP contribution < -0.4 is 5.32 Å². The molecule has 0 radical (unpaired) electrons. The lowest BCUT2D eigenvalue weighted by molar-refractivity contribution is -0.219.